The van der Waals surface area contributed by atoms with E-state index in [0.717, 1.165) is 12.2 Å². The molecule has 10 heteroatoms. The van der Waals surface area contributed by atoms with Gasteiger partial charge in [0.05, 0.1) is 11.4 Å². The maximum atomic E-state index is 12.4. The van der Waals surface area contributed by atoms with Crippen molar-refractivity contribution >= 4 is 40.0 Å². The van der Waals surface area contributed by atoms with E-state index in [0.29, 0.717) is 32.7 Å². The van der Waals surface area contributed by atoms with Crippen molar-refractivity contribution in [2.75, 3.05) is 25.2 Å². The maximum Gasteiger partial charge on any atom is 0.265 e. The number of aryl methyl sites for hydroxylation is 1. The molecule has 1 fully saturated rings. The molecule has 1 aliphatic carbocycles. The van der Waals surface area contributed by atoms with E-state index in [2.05, 4.69) is 44.8 Å². The summed E-state index contributed by atoms with van der Waals surface area (Å²) in [5.74, 6) is 1.69. The highest BCUT2D eigenvalue weighted by Gasteiger charge is 2.42. The lowest BCUT2D eigenvalue weighted by Crippen LogP contribution is -2.21. The topological polar surface area (TPSA) is 93.0 Å². The van der Waals surface area contributed by atoms with Gasteiger partial charge in [0, 0.05) is 27.1 Å². The third-order valence-electron chi connectivity index (χ3n) is 5.19. The van der Waals surface area contributed by atoms with Gasteiger partial charge >= 0.3 is 0 Å². The number of rotatable bonds is 7. The molecule has 2 amide bonds. The highest BCUT2D eigenvalue weighted by Crippen LogP contribution is 2.54. The second kappa shape index (κ2) is 8.80. The van der Waals surface area contributed by atoms with E-state index in [-0.39, 0.29) is 17.6 Å². The van der Waals surface area contributed by atoms with Crippen LogP contribution in [0.3, 0.4) is 0 Å². The Morgan fingerprint density at radius 2 is 1.97 bits per heavy atom. The van der Waals surface area contributed by atoms with Crippen LogP contribution >= 0.6 is 23.1 Å². The average Bonchev–Trinajstić information content (AvgIpc) is 3.34. The predicted molar refractivity (Wildman–Crippen MR) is 122 cm³/mol. The Labute approximate surface area is 189 Å². The summed E-state index contributed by atoms with van der Waals surface area (Å²) in [6.07, 6.45) is 1.07. The Balaban J connectivity index is 1.34. The second-order valence-corrected chi connectivity index (χ2v) is 9.67. The van der Waals surface area contributed by atoms with Crippen LogP contribution in [-0.2, 0) is 11.8 Å². The Kier molecular flexibility index (Phi) is 6.10. The molecular weight excluding hydrogens is 432 g/mol. The van der Waals surface area contributed by atoms with Gasteiger partial charge in [0.15, 0.2) is 10.3 Å². The highest BCUT2D eigenvalue weighted by molar-refractivity contribution is 7.99. The number of hydrogen-bond acceptors (Lipinski definition) is 7. The zero-order valence-corrected chi connectivity index (χ0v) is 19.5. The largest absolute Gasteiger partial charge is 0.344 e. The zero-order chi connectivity index (χ0) is 22.1. The number of carbonyl (C=O) groups is 2. The normalized spacial score (nSPS) is 17.4. The minimum Gasteiger partial charge on any atom is -0.344 e. The van der Waals surface area contributed by atoms with Crippen molar-refractivity contribution in [1.82, 2.24) is 24.6 Å². The van der Waals surface area contributed by atoms with Gasteiger partial charge in [0.25, 0.3) is 5.91 Å². The molecule has 0 bridgehead atoms. The quantitative estimate of drug-likeness (QED) is 0.549. The van der Waals surface area contributed by atoms with Crippen LogP contribution in [0.4, 0.5) is 5.13 Å². The Morgan fingerprint density at radius 1 is 1.23 bits per heavy atom. The maximum absolute atomic E-state index is 12.4. The number of nitrogens with one attached hydrogen (secondary N) is 1. The Morgan fingerprint density at radius 3 is 2.68 bits per heavy atom. The van der Waals surface area contributed by atoms with Crippen LogP contribution in [0.25, 0.3) is 0 Å². The van der Waals surface area contributed by atoms with Crippen molar-refractivity contribution in [3.8, 4) is 0 Å². The van der Waals surface area contributed by atoms with E-state index >= 15 is 0 Å². The number of thiazole rings is 1. The molecule has 0 spiro atoms. The standard InChI is InChI=1S/C21H24N6O2S2/c1-12-17(19(29)26(2)3)31-20(22-12)23-16(28)11-30-21-25-24-18(27(21)4)15-10-14(15)13-8-6-5-7-9-13/h5-9,14-15H,10-11H2,1-4H3,(H,22,23,28). The van der Waals surface area contributed by atoms with E-state index in [4.69, 9.17) is 0 Å². The fraction of sp³-hybridized carbons (Fsp3) is 0.381. The molecule has 2 heterocycles. The molecule has 162 valence electrons. The van der Waals surface area contributed by atoms with Gasteiger partial charge in [-0.25, -0.2) is 4.98 Å². The third kappa shape index (κ3) is 4.64. The molecule has 1 aromatic carbocycles. The molecule has 2 atom stereocenters. The van der Waals surface area contributed by atoms with Crippen molar-refractivity contribution < 1.29 is 9.59 Å². The van der Waals surface area contributed by atoms with Gasteiger partial charge in [0.1, 0.15) is 10.7 Å². The lowest BCUT2D eigenvalue weighted by molar-refractivity contribution is -0.113. The Hall–Kier alpha value is -2.72. The number of thioether (sulfide) groups is 1. The molecule has 2 unspecified atom stereocenters. The molecule has 31 heavy (non-hydrogen) atoms. The van der Waals surface area contributed by atoms with E-state index < -0.39 is 0 Å². The first-order valence-electron chi connectivity index (χ1n) is 9.91. The number of benzene rings is 1. The van der Waals surface area contributed by atoms with Crippen LogP contribution in [0.1, 0.15) is 45.0 Å². The smallest absolute Gasteiger partial charge is 0.265 e. The summed E-state index contributed by atoms with van der Waals surface area (Å²) in [6.45, 7) is 1.76. The summed E-state index contributed by atoms with van der Waals surface area (Å²) < 4.78 is 1.98. The predicted octanol–water partition coefficient (Wildman–Crippen LogP) is 3.28. The first-order chi connectivity index (χ1) is 14.8. The molecule has 1 saturated carbocycles. The van der Waals surface area contributed by atoms with E-state index in [1.54, 1.807) is 21.0 Å². The van der Waals surface area contributed by atoms with Crippen LogP contribution in [0.5, 0.6) is 0 Å². The van der Waals surface area contributed by atoms with Crippen LogP contribution in [0.2, 0.25) is 0 Å². The zero-order valence-electron chi connectivity index (χ0n) is 17.8. The van der Waals surface area contributed by atoms with Crippen molar-refractivity contribution in [2.45, 2.75) is 30.3 Å². The highest BCUT2D eigenvalue weighted by atomic mass is 32.2. The second-order valence-electron chi connectivity index (χ2n) is 7.73. The molecule has 8 nitrogen and oxygen atoms in total. The molecule has 1 aliphatic rings. The lowest BCUT2D eigenvalue weighted by atomic mass is 10.1. The van der Waals surface area contributed by atoms with Gasteiger partial charge in [0.2, 0.25) is 5.91 Å². The summed E-state index contributed by atoms with van der Waals surface area (Å²) >= 11 is 2.53. The van der Waals surface area contributed by atoms with E-state index in [9.17, 15) is 9.59 Å². The number of aromatic nitrogens is 4. The SMILES string of the molecule is Cc1nc(NC(=O)CSc2nnc(C3CC3c3ccccc3)n2C)sc1C(=O)N(C)C. The molecule has 0 aliphatic heterocycles. The molecule has 3 aromatic rings. The average molecular weight is 457 g/mol. The van der Waals surface area contributed by atoms with E-state index in [1.807, 2.05) is 17.7 Å². The van der Waals surface area contributed by atoms with Gasteiger partial charge in [-0.3, -0.25) is 9.59 Å². The minimum atomic E-state index is -0.194. The molecule has 0 saturated heterocycles. The van der Waals surface area contributed by atoms with Crippen LogP contribution in [-0.4, -0.2) is 56.3 Å². The number of carbonyl (C=O) groups excluding carboxylic acids is 2. The van der Waals surface area contributed by atoms with Crippen molar-refractivity contribution in [1.29, 1.82) is 0 Å². The van der Waals surface area contributed by atoms with Crippen LogP contribution in [0, 0.1) is 6.92 Å². The van der Waals surface area contributed by atoms with Gasteiger partial charge < -0.3 is 14.8 Å². The van der Waals surface area contributed by atoms with Crippen LogP contribution in [0.15, 0.2) is 35.5 Å². The number of anilines is 1. The molecular formula is C21H24N6O2S2. The molecule has 0 radical (unpaired) electrons. The number of hydrogen-bond donors (Lipinski definition) is 1. The summed E-state index contributed by atoms with van der Waals surface area (Å²) in [5, 5.41) is 12.6. The molecule has 1 N–H and O–H groups in total. The molecule has 2 aromatic heterocycles. The number of amides is 2. The summed E-state index contributed by atoms with van der Waals surface area (Å²) in [5.41, 5.74) is 1.94. The first kappa shape index (κ1) is 21.5. The van der Waals surface area contributed by atoms with Gasteiger partial charge in [-0.1, -0.05) is 53.4 Å². The van der Waals surface area contributed by atoms with E-state index in [1.165, 1.54) is 33.6 Å². The monoisotopic (exact) mass is 456 g/mol. The summed E-state index contributed by atoms with van der Waals surface area (Å²) in [6, 6.07) is 10.4. The van der Waals surface area contributed by atoms with Gasteiger partial charge in [-0.2, -0.15) is 0 Å². The van der Waals surface area contributed by atoms with Crippen molar-refractivity contribution in [2.24, 2.45) is 7.05 Å². The fourth-order valence-corrected chi connectivity index (χ4v) is 5.18. The number of nitrogens with zero attached hydrogens (tertiary/aromatic N) is 5. The third-order valence-corrected chi connectivity index (χ3v) is 7.28. The van der Waals surface area contributed by atoms with Gasteiger partial charge in [-0.05, 0) is 24.8 Å². The fourth-order valence-electron chi connectivity index (χ4n) is 3.46. The lowest BCUT2D eigenvalue weighted by Gasteiger charge is -2.07. The first-order valence-corrected chi connectivity index (χ1v) is 11.7. The van der Waals surface area contributed by atoms with Crippen molar-refractivity contribution in [3.05, 3.63) is 52.3 Å². The molecule has 4 rings (SSSR count). The van der Waals surface area contributed by atoms with Crippen LogP contribution < -0.4 is 5.32 Å². The Bertz CT molecular complexity index is 1110. The van der Waals surface area contributed by atoms with Crippen molar-refractivity contribution in [3.63, 3.8) is 0 Å². The van der Waals surface area contributed by atoms with Gasteiger partial charge in [-0.15, -0.1) is 10.2 Å². The minimum absolute atomic E-state index is 0.120. The summed E-state index contributed by atoms with van der Waals surface area (Å²) in [4.78, 5) is 30.9. The summed E-state index contributed by atoms with van der Waals surface area (Å²) in [7, 11) is 5.32.